The highest BCUT2D eigenvalue weighted by Crippen LogP contribution is 2.31. The van der Waals surface area contributed by atoms with Crippen LogP contribution < -0.4 is 5.32 Å². The average molecular weight is 251 g/mol. The maximum absolute atomic E-state index is 11.0. The maximum Gasteiger partial charge on any atom is 0.307 e. The second-order valence-electron chi connectivity index (χ2n) is 4.03. The molecule has 2 rings (SSSR count). The van der Waals surface area contributed by atoms with Gasteiger partial charge in [-0.1, -0.05) is 0 Å². The summed E-state index contributed by atoms with van der Waals surface area (Å²) in [6.45, 7) is 0.624. The summed E-state index contributed by atoms with van der Waals surface area (Å²) in [4.78, 5) is 12.4. The van der Waals surface area contributed by atoms with Crippen molar-refractivity contribution < 1.29 is 9.53 Å². The zero-order valence-corrected chi connectivity index (χ0v) is 10.8. The van der Waals surface area contributed by atoms with Gasteiger partial charge in [0.25, 0.3) is 0 Å². The Labute approximate surface area is 106 Å². The number of methoxy groups -OCH3 is 1. The van der Waals surface area contributed by atoms with Crippen LogP contribution in [-0.2, 0) is 16.0 Å². The molecule has 1 heterocycles. The van der Waals surface area contributed by atoms with Gasteiger partial charge in [0, 0.05) is 17.1 Å². The second-order valence-corrected chi connectivity index (χ2v) is 5.16. The Morgan fingerprint density at radius 2 is 2.41 bits per heavy atom. The number of hydrogen-bond acceptors (Lipinski definition) is 4. The van der Waals surface area contributed by atoms with E-state index in [1.807, 2.05) is 11.8 Å². The van der Waals surface area contributed by atoms with Gasteiger partial charge >= 0.3 is 5.97 Å². The monoisotopic (exact) mass is 251 g/mol. The molecule has 0 aliphatic carbocycles. The van der Waals surface area contributed by atoms with Crippen LogP contribution in [0.15, 0.2) is 23.1 Å². The predicted octanol–water partition coefficient (Wildman–Crippen LogP) is 2.70. The second kappa shape index (κ2) is 5.96. The Balaban J connectivity index is 1.91. The van der Waals surface area contributed by atoms with Crippen molar-refractivity contribution >= 4 is 23.4 Å². The SMILES string of the molecule is COC(=O)CCNc1ccc2c(c1)CCCS2. The van der Waals surface area contributed by atoms with Crippen LogP contribution >= 0.6 is 11.8 Å². The van der Waals surface area contributed by atoms with Crippen LogP contribution in [0.5, 0.6) is 0 Å². The van der Waals surface area contributed by atoms with Crippen LogP contribution in [0.3, 0.4) is 0 Å². The summed E-state index contributed by atoms with van der Waals surface area (Å²) in [6.07, 6.45) is 2.82. The van der Waals surface area contributed by atoms with E-state index < -0.39 is 0 Å². The third kappa shape index (κ3) is 3.40. The number of hydrogen-bond donors (Lipinski definition) is 1. The van der Waals surface area contributed by atoms with Crippen molar-refractivity contribution in [2.45, 2.75) is 24.2 Å². The maximum atomic E-state index is 11.0. The van der Waals surface area contributed by atoms with Crippen LogP contribution in [0.1, 0.15) is 18.4 Å². The first-order chi connectivity index (χ1) is 8.29. The van der Waals surface area contributed by atoms with Gasteiger partial charge in [-0.15, -0.1) is 11.8 Å². The van der Waals surface area contributed by atoms with E-state index in [1.165, 1.54) is 29.7 Å². The van der Waals surface area contributed by atoms with Crippen LogP contribution in [0.4, 0.5) is 5.69 Å². The number of benzene rings is 1. The molecule has 0 aromatic heterocycles. The average Bonchev–Trinajstić information content (AvgIpc) is 2.38. The van der Waals surface area contributed by atoms with Crippen molar-refractivity contribution in [3.8, 4) is 0 Å². The van der Waals surface area contributed by atoms with E-state index in [-0.39, 0.29) is 5.97 Å². The highest BCUT2D eigenvalue weighted by molar-refractivity contribution is 7.99. The number of nitrogens with one attached hydrogen (secondary N) is 1. The number of esters is 1. The lowest BCUT2D eigenvalue weighted by molar-refractivity contribution is -0.140. The molecule has 3 nitrogen and oxygen atoms in total. The minimum atomic E-state index is -0.175. The zero-order chi connectivity index (χ0) is 12.1. The summed E-state index contributed by atoms with van der Waals surface area (Å²) >= 11 is 1.93. The van der Waals surface area contributed by atoms with E-state index in [0.717, 1.165) is 12.1 Å². The Bertz CT molecular complexity index is 406. The summed E-state index contributed by atoms with van der Waals surface area (Å²) in [6, 6.07) is 6.44. The van der Waals surface area contributed by atoms with Gasteiger partial charge in [0.15, 0.2) is 0 Å². The molecular weight excluding hydrogens is 234 g/mol. The minimum absolute atomic E-state index is 0.175. The van der Waals surface area contributed by atoms with Gasteiger partial charge in [-0.05, 0) is 42.4 Å². The zero-order valence-electron chi connectivity index (χ0n) is 9.99. The number of carbonyl (C=O) groups is 1. The molecule has 1 aromatic carbocycles. The van der Waals surface area contributed by atoms with Crippen LogP contribution in [0, 0.1) is 0 Å². The third-order valence-corrected chi connectivity index (χ3v) is 4.00. The Morgan fingerprint density at radius 3 is 3.24 bits per heavy atom. The molecule has 0 bridgehead atoms. The molecular formula is C13H17NO2S. The topological polar surface area (TPSA) is 38.3 Å². The molecule has 4 heteroatoms. The molecule has 0 saturated heterocycles. The largest absolute Gasteiger partial charge is 0.469 e. The fourth-order valence-electron chi connectivity index (χ4n) is 1.88. The van der Waals surface area contributed by atoms with Gasteiger partial charge in [0.2, 0.25) is 0 Å². The molecule has 17 heavy (non-hydrogen) atoms. The molecule has 0 radical (unpaired) electrons. The predicted molar refractivity (Wildman–Crippen MR) is 70.6 cm³/mol. The number of rotatable bonds is 4. The molecule has 0 unspecified atom stereocenters. The number of anilines is 1. The van der Waals surface area contributed by atoms with E-state index in [4.69, 9.17) is 0 Å². The molecule has 0 spiro atoms. The standard InChI is InChI=1S/C13H17NO2S/c1-16-13(15)6-7-14-11-4-5-12-10(9-11)3-2-8-17-12/h4-5,9,14H,2-3,6-8H2,1H3. The van der Waals surface area contributed by atoms with Crippen LogP contribution in [0.25, 0.3) is 0 Å². The first kappa shape index (κ1) is 12.3. The quantitative estimate of drug-likeness (QED) is 0.835. The summed E-state index contributed by atoms with van der Waals surface area (Å²) in [5.74, 6) is 1.05. The molecule has 1 aromatic rings. The molecule has 92 valence electrons. The smallest absolute Gasteiger partial charge is 0.307 e. The Morgan fingerprint density at radius 1 is 1.53 bits per heavy atom. The van der Waals surface area contributed by atoms with Crippen molar-refractivity contribution in [2.24, 2.45) is 0 Å². The van der Waals surface area contributed by atoms with Crippen molar-refractivity contribution in [2.75, 3.05) is 24.7 Å². The molecule has 1 N–H and O–H groups in total. The molecule has 1 aliphatic heterocycles. The molecule has 0 amide bonds. The van der Waals surface area contributed by atoms with Crippen LogP contribution in [0.2, 0.25) is 0 Å². The van der Waals surface area contributed by atoms with Gasteiger partial charge in [0.05, 0.1) is 13.5 Å². The fourth-order valence-corrected chi connectivity index (χ4v) is 2.90. The van der Waals surface area contributed by atoms with Crippen LogP contribution in [-0.4, -0.2) is 25.4 Å². The minimum Gasteiger partial charge on any atom is -0.469 e. The number of ether oxygens (including phenoxy) is 1. The third-order valence-electron chi connectivity index (χ3n) is 2.79. The summed E-state index contributed by atoms with van der Waals surface area (Å²) in [5, 5.41) is 3.25. The van der Waals surface area contributed by atoms with Gasteiger partial charge in [-0.25, -0.2) is 0 Å². The van der Waals surface area contributed by atoms with E-state index in [1.54, 1.807) is 0 Å². The summed E-state index contributed by atoms with van der Waals surface area (Å²) in [5.41, 5.74) is 2.51. The highest BCUT2D eigenvalue weighted by atomic mass is 32.2. The van der Waals surface area contributed by atoms with Crippen molar-refractivity contribution in [3.05, 3.63) is 23.8 Å². The summed E-state index contributed by atoms with van der Waals surface area (Å²) < 4.78 is 4.60. The van der Waals surface area contributed by atoms with Gasteiger partial charge in [-0.2, -0.15) is 0 Å². The first-order valence-electron chi connectivity index (χ1n) is 5.86. The van der Waals surface area contributed by atoms with E-state index in [2.05, 4.69) is 28.3 Å². The number of carbonyl (C=O) groups excluding carboxylic acids is 1. The van der Waals surface area contributed by atoms with Gasteiger partial charge < -0.3 is 10.1 Å². The van der Waals surface area contributed by atoms with Crippen molar-refractivity contribution in [1.29, 1.82) is 0 Å². The summed E-state index contributed by atoms with van der Waals surface area (Å²) in [7, 11) is 1.42. The molecule has 1 aliphatic rings. The highest BCUT2D eigenvalue weighted by Gasteiger charge is 2.09. The number of thioether (sulfide) groups is 1. The molecule has 0 fully saturated rings. The first-order valence-corrected chi connectivity index (χ1v) is 6.84. The van der Waals surface area contributed by atoms with Crippen molar-refractivity contribution in [1.82, 2.24) is 0 Å². The number of fused-ring (bicyclic) bond motifs is 1. The number of aryl methyl sites for hydroxylation is 1. The lowest BCUT2D eigenvalue weighted by Gasteiger charge is -2.16. The lowest BCUT2D eigenvalue weighted by Crippen LogP contribution is -2.10. The van der Waals surface area contributed by atoms with E-state index in [9.17, 15) is 4.79 Å². The lowest BCUT2D eigenvalue weighted by atomic mass is 10.1. The molecule has 0 atom stereocenters. The van der Waals surface area contributed by atoms with Crippen molar-refractivity contribution in [3.63, 3.8) is 0 Å². The van der Waals surface area contributed by atoms with E-state index in [0.29, 0.717) is 13.0 Å². The Kier molecular flexibility index (Phi) is 4.31. The molecule has 0 saturated carbocycles. The Hall–Kier alpha value is -1.16. The normalized spacial score (nSPS) is 13.9. The van der Waals surface area contributed by atoms with Gasteiger partial charge in [0.1, 0.15) is 0 Å². The fraction of sp³-hybridized carbons (Fsp3) is 0.462. The van der Waals surface area contributed by atoms with Gasteiger partial charge in [-0.3, -0.25) is 4.79 Å². The van der Waals surface area contributed by atoms with E-state index >= 15 is 0 Å².